The van der Waals surface area contributed by atoms with Gasteiger partial charge in [0.1, 0.15) is 17.2 Å². The van der Waals surface area contributed by atoms with Crippen LogP contribution in [0.3, 0.4) is 0 Å². The molecule has 3 aromatic rings. The molecule has 3 rings (SSSR count). The van der Waals surface area contributed by atoms with Crippen molar-refractivity contribution in [3.05, 3.63) is 76.6 Å². The highest BCUT2D eigenvalue weighted by molar-refractivity contribution is 6.00. The highest BCUT2D eigenvalue weighted by atomic mass is 19.4. The van der Waals surface area contributed by atoms with Gasteiger partial charge >= 0.3 is 18.1 Å². The summed E-state index contributed by atoms with van der Waals surface area (Å²) in [4.78, 5) is 37.9. The van der Waals surface area contributed by atoms with Gasteiger partial charge in [-0.3, -0.25) is 4.79 Å². The van der Waals surface area contributed by atoms with Crippen LogP contribution in [-0.4, -0.2) is 54.9 Å². The number of methoxy groups -OCH3 is 2. The number of carbonyl (C=O) groups excluding carboxylic acids is 2. The average Bonchev–Trinajstić information content (AvgIpc) is 3.34. The predicted molar refractivity (Wildman–Crippen MR) is 144 cm³/mol. The van der Waals surface area contributed by atoms with Crippen LogP contribution in [0.5, 0.6) is 11.5 Å². The van der Waals surface area contributed by atoms with Crippen molar-refractivity contribution in [2.75, 3.05) is 26.1 Å². The Morgan fingerprint density at radius 2 is 1.59 bits per heavy atom. The third kappa shape index (κ3) is 9.48. The Hall–Kier alpha value is -4.68. The molecule has 13 heteroatoms. The summed E-state index contributed by atoms with van der Waals surface area (Å²) in [5, 5.41) is 13.3. The second kappa shape index (κ2) is 15.2. The molecule has 0 saturated carbocycles. The number of aromatic nitrogens is 1. The molecule has 0 aliphatic carbocycles. The number of rotatable bonds is 11. The van der Waals surface area contributed by atoms with Crippen molar-refractivity contribution in [3.63, 3.8) is 0 Å². The molecule has 41 heavy (non-hydrogen) atoms. The van der Waals surface area contributed by atoms with Crippen molar-refractivity contribution < 1.29 is 46.9 Å². The number of carboxylic acid groups (broad SMARTS) is 1. The van der Waals surface area contributed by atoms with Crippen LogP contribution in [0.15, 0.2) is 48.5 Å². The number of anilines is 1. The molecule has 0 saturated heterocycles. The van der Waals surface area contributed by atoms with E-state index in [1.54, 1.807) is 21.1 Å². The lowest BCUT2D eigenvalue weighted by atomic mass is 10.1. The van der Waals surface area contributed by atoms with Gasteiger partial charge < -0.3 is 34.9 Å². The molecule has 0 unspecified atom stereocenters. The molecule has 0 radical (unpaired) electrons. The van der Waals surface area contributed by atoms with Gasteiger partial charge in [-0.15, -0.1) is 0 Å². The summed E-state index contributed by atoms with van der Waals surface area (Å²) < 4.78 is 47.5. The molecule has 0 bridgehead atoms. The third-order valence-corrected chi connectivity index (χ3v) is 5.63. The number of halogens is 3. The number of hydrogen-bond acceptors (Lipinski definition) is 7. The van der Waals surface area contributed by atoms with Crippen molar-refractivity contribution in [3.8, 4) is 11.5 Å². The highest BCUT2D eigenvalue weighted by Crippen LogP contribution is 2.24. The summed E-state index contributed by atoms with van der Waals surface area (Å²) in [6, 6.07) is 14.9. The Bertz CT molecular complexity index is 1320. The fraction of sp³-hybridized carbons (Fsp3) is 0.321. The van der Waals surface area contributed by atoms with Gasteiger partial charge in [0, 0.05) is 17.9 Å². The number of esters is 1. The van der Waals surface area contributed by atoms with E-state index in [2.05, 4.69) is 15.6 Å². The molecule has 0 fully saturated rings. The number of carboxylic acids is 1. The lowest BCUT2D eigenvalue weighted by Gasteiger charge is -2.09. The maximum absolute atomic E-state index is 13.1. The first-order chi connectivity index (χ1) is 19.4. The van der Waals surface area contributed by atoms with Gasteiger partial charge in [0.05, 0.1) is 32.9 Å². The normalized spacial score (nSPS) is 10.6. The van der Waals surface area contributed by atoms with Gasteiger partial charge in [-0.05, 0) is 60.9 Å². The molecular weight excluding hydrogens is 547 g/mol. The number of hydrogen-bond donors (Lipinski definition) is 4. The number of benzene rings is 2. The molecule has 222 valence electrons. The zero-order valence-corrected chi connectivity index (χ0v) is 23.0. The first-order valence-electron chi connectivity index (χ1n) is 12.4. The van der Waals surface area contributed by atoms with E-state index in [4.69, 9.17) is 24.1 Å². The minimum Gasteiger partial charge on any atom is -0.497 e. The molecule has 0 aliphatic heterocycles. The summed E-state index contributed by atoms with van der Waals surface area (Å²) in [5.41, 5.74) is 3.75. The summed E-state index contributed by atoms with van der Waals surface area (Å²) in [6.45, 7) is 4.55. The van der Waals surface area contributed by atoms with Gasteiger partial charge in [-0.2, -0.15) is 13.2 Å². The highest BCUT2D eigenvalue weighted by Gasteiger charge is 2.38. The molecule has 10 nitrogen and oxygen atoms in total. The molecule has 0 aliphatic rings. The maximum Gasteiger partial charge on any atom is 0.490 e. The number of amides is 1. The third-order valence-electron chi connectivity index (χ3n) is 5.63. The SMILES string of the molecule is CCOC(=O)c1c(CNc2ccc(OC)cc2)[nH]c(C(=O)NCc2cccc(OC)c2)c1CC.O=C(O)C(F)(F)F. The smallest absolute Gasteiger partial charge is 0.490 e. The Morgan fingerprint density at radius 3 is 2.12 bits per heavy atom. The summed E-state index contributed by atoms with van der Waals surface area (Å²) in [7, 11) is 3.21. The number of aromatic amines is 1. The topological polar surface area (TPSA) is 139 Å². The van der Waals surface area contributed by atoms with Crippen LogP contribution < -0.4 is 20.1 Å². The second-order valence-corrected chi connectivity index (χ2v) is 8.33. The van der Waals surface area contributed by atoms with E-state index < -0.39 is 18.1 Å². The van der Waals surface area contributed by atoms with E-state index in [1.807, 2.05) is 55.5 Å². The zero-order chi connectivity index (χ0) is 30.6. The minimum absolute atomic E-state index is 0.246. The standard InChI is InChI=1S/C26H31N3O5.C2HF3O2/c1-5-21-23(26(31)34-6-2)22(16-27-18-10-12-19(32-3)13-11-18)29-24(21)25(30)28-15-17-8-7-9-20(14-17)33-4;3-2(4,5)1(6)7/h7-14,27,29H,5-6,15-16H2,1-4H3,(H,28,30);(H,6,7). The quantitative estimate of drug-likeness (QED) is 0.234. The van der Waals surface area contributed by atoms with Crippen LogP contribution in [-0.2, 0) is 29.0 Å². The van der Waals surface area contributed by atoms with Crippen LogP contribution in [0.25, 0.3) is 0 Å². The van der Waals surface area contributed by atoms with Gasteiger partial charge in [0.15, 0.2) is 0 Å². The Labute approximate surface area is 234 Å². The van der Waals surface area contributed by atoms with E-state index in [0.29, 0.717) is 42.0 Å². The van der Waals surface area contributed by atoms with E-state index in [1.165, 1.54) is 0 Å². The fourth-order valence-electron chi connectivity index (χ4n) is 3.68. The lowest BCUT2D eigenvalue weighted by molar-refractivity contribution is -0.192. The van der Waals surface area contributed by atoms with Crippen molar-refractivity contribution >= 4 is 23.5 Å². The number of ether oxygens (including phenoxy) is 3. The molecule has 1 aromatic heterocycles. The summed E-state index contributed by atoms with van der Waals surface area (Å²) in [5.74, 6) is -2.03. The predicted octanol–water partition coefficient (Wildman–Crippen LogP) is 4.95. The second-order valence-electron chi connectivity index (χ2n) is 8.33. The first-order valence-corrected chi connectivity index (χ1v) is 12.4. The van der Waals surface area contributed by atoms with Crippen LogP contribution in [0, 0.1) is 0 Å². The molecule has 4 N–H and O–H groups in total. The fourth-order valence-corrected chi connectivity index (χ4v) is 3.68. The number of aliphatic carboxylic acids is 1. The van der Waals surface area contributed by atoms with Crippen LogP contribution in [0.2, 0.25) is 0 Å². The van der Waals surface area contributed by atoms with Crippen molar-refractivity contribution in [1.29, 1.82) is 0 Å². The lowest BCUT2D eigenvalue weighted by Crippen LogP contribution is -2.24. The Balaban J connectivity index is 0.000000745. The molecule has 0 spiro atoms. The van der Waals surface area contributed by atoms with Crippen molar-refractivity contribution in [2.45, 2.75) is 39.5 Å². The van der Waals surface area contributed by atoms with Crippen LogP contribution in [0.1, 0.15) is 51.5 Å². The molecular formula is C28H32F3N3O7. The van der Waals surface area contributed by atoms with Crippen LogP contribution >= 0.6 is 0 Å². The van der Waals surface area contributed by atoms with Crippen molar-refractivity contribution in [2.24, 2.45) is 0 Å². The van der Waals surface area contributed by atoms with E-state index in [-0.39, 0.29) is 12.5 Å². The van der Waals surface area contributed by atoms with Gasteiger partial charge in [-0.25, -0.2) is 9.59 Å². The van der Waals surface area contributed by atoms with E-state index in [9.17, 15) is 22.8 Å². The number of carbonyl (C=O) groups is 3. The Morgan fingerprint density at radius 1 is 0.951 bits per heavy atom. The van der Waals surface area contributed by atoms with Crippen LogP contribution in [0.4, 0.5) is 18.9 Å². The first kappa shape index (κ1) is 32.5. The number of alkyl halides is 3. The molecule has 1 heterocycles. The van der Waals surface area contributed by atoms with E-state index in [0.717, 1.165) is 22.7 Å². The van der Waals surface area contributed by atoms with Gasteiger partial charge in [0.2, 0.25) is 0 Å². The summed E-state index contributed by atoms with van der Waals surface area (Å²) in [6.07, 6.45) is -4.59. The Kier molecular flexibility index (Phi) is 12.1. The summed E-state index contributed by atoms with van der Waals surface area (Å²) >= 11 is 0. The monoisotopic (exact) mass is 579 g/mol. The van der Waals surface area contributed by atoms with Gasteiger partial charge in [0.25, 0.3) is 5.91 Å². The molecule has 0 atom stereocenters. The minimum atomic E-state index is -5.08. The zero-order valence-electron chi connectivity index (χ0n) is 23.0. The molecule has 1 amide bonds. The maximum atomic E-state index is 13.1. The van der Waals surface area contributed by atoms with Crippen molar-refractivity contribution in [1.82, 2.24) is 10.3 Å². The van der Waals surface area contributed by atoms with Gasteiger partial charge in [-0.1, -0.05) is 19.1 Å². The van der Waals surface area contributed by atoms with E-state index >= 15 is 0 Å². The largest absolute Gasteiger partial charge is 0.497 e. The average molecular weight is 580 g/mol. The number of nitrogens with one attached hydrogen (secondary N) is 3. The molecule has 2 aromatic carbocycles. The number of H-pyrrole nitrogens is 1.